The van der Waals surface area contributed by atoms with Crippen LogP contribution >= 0.6 is 11.6 Å². The third-order valence-corrected chi connectivity index (χ3v) is 5.11. The molecule has 174 valence electrons. The number of nitrogens with zero attached hydrogens (tertiary/aromatic N) is 2. The monoisotopic (exact) mass is 464 g/mol. The third kappa shape index (κ3) is 8.37. The van der Waals surface area contributed by atoms with Gasteiger partial charge in [-0.15, -0.1) is 0 Å². The molecule has 1 saturated heterocycles. The van der Waals surface area contributed by atoms with Crippen molar-refractivity contribution >= 4 is 23.5 Å². The van der Waals surface area contributed by atoms with Gasteiger partial charge in [-0.1, -0.05) is 29.8 Å². The van der Waals surface area contributed by atoms with Gasteiger partial charge in [0.15, 0.2) is 11.5 Å². The average molecular weight is 465 g/mol. The summed E-state index contributed by atoms with van der Waals surface area (Å²) in [7, 11) is 1.68. The number of ether oxygens (including phenoxy) is 2. The lowest BCUT2D eigenvalue weighted by Gasteiger charge is -2.34. The van der Waals surface area contributed by atoms with Crippen molar-refractivity contribution in [2.75, 3.05) is 39.9 Å². The van der Waals surface area contributed by atoms with Crippen LogP contribution in [-0.2, 0) is 22.7 Å². The molecular formula is C23H29ClN2O6. The smallest absolute Gasteiger partial charge is 0.414 e. The first kappa shape index (κ1) is 25.5. The number of piperazine rings is 1. The molecule has 0 unspecified atom stereocenters. The molecule has 1 aliphatic rings. The zero-order chi connectivity index (χ0) is 23.5. The Bertz CT molecular complexity index is 888. The first-order chi connectivity index (χ1) is 15.3. The highest BCUT2D eigenvalue weighted by Crippen LogP contribution is 2.28. The lowest BCUT2D eigenvalue weighted by Crippen LogP contribution is -2.45. The van der Waals surface area contributed by atoms with E-state index >= 15 is 0 Å². The summed E-state index contributed by atoms with van der Waals surface area (Å²) in [4.78, 5) is 23.2. The predicted molar refractivity (Wildman–Crippen MR) is 121 cm³/mol. The highest BCUT2D eigenvalue weighted by atomic mass is 35.5. The van der Waals surface area contributed by atoms with Gasteiger partial charge >= 0.3 is 11.9 Å². The molecule has 0 bridgehead atoms. The fraction of sp³-hybridized carbons (Fsp3) is 0.391. The van der Waals surface area contributed by atoms with Crippen molar-refractivity contribution in [1.29, 1.82) is 0 Å². The number of rotatable bonds is 7. The molecule has 0 atom stereocenters. The van der Waals surface area contributed by atoms with Crippen LogP contribution in [0.15, 0.2) is 42.5 Å². The Morgan fingerprint density at radius 3 is 1.94 bits per heavy atom. The van der Waals surface area contributed by atoms with Crippen molar-refractivity contribution in [3.8, 4) is 11.5 Å². The number of benzene rings is 2. The quantitative estimate of drug-likeness (QED) is 0.602. The van der Waals surface area contributed by atoms with E-state index in [0.29, 0.717) is 6.61 Å². The summed E-state index contributed by atoms with van der Waals surface area (Å²) >= 11 is 6.09. The number of aliphatic carboxylic acids is 2. The molecule has 0 saturated carbocycles. The van der Waals surface area contributed by atoms with Gasteiger partial charge in [-0.05, 0) is 42.3 Å². The van der Waals surface area contributed by atoms with E-state index in [2.05, 4.69) is 34.1 Å². The molecule has 8 nitrogen and oxygen atoms in total. The van der Waals surface area contributed by atoms with Crippen LogP contribution in [0.5, 0.6) is 11.5 Å². The summed E-state index contributed by atoms with van der Waals surface area (Å²) in [6, 6.07) is 14.4. The maximum absolute atomic E-state index is 9.10. The molecule has 2 N–H and O–H groups in total. The third-order valence-electron chi connectivity index (χ3n) is 4.88. The maximum atomic E-state index is 9.10. The van der Waals surface area contributed by atoms with Gasteiger partial charge in [0.2, 0.25) is 0 Å². The van der Waals surface area contributed by atoms with Gasteiger partial charge in [0.25, 0.3) is 0 Å². The van der Waals surface area contributed by atoms with Crippen molar-refractivity contribution in [3.05, 3.63) is 58.6 Å². The number of halogens is 1. The Morgan fingerprint density at radius 2 is 1.47 bits per heavy atom. The normalized spacial score (nSPS) is 14.2. The molecule has 0 amide bonds. The molecule has 0 aliphatic carbocycles. The van der Waals surface area contributed by atoms with Gasteiger partial charge < -0.3 is 19.7 Å². The summed E-state index contributed by atoms with van der Waals surface area (Å²) in [5.41, 5.74) is 2.54. The van der Waals surface area contributed by atoms with Crippen LogP contribution in [0, 0.1) is 0 Å². The van der Waals surface area contributed by atoms with Crippen LogP contribution in [-0.4, -0.2) is 71.8 Å². The molecule has 0 spiro atoms. The van der Waals surface area contributed by atoms with E-state index in [1.807, 2.05) is 25.1 Å². The average Bonchev–Trinajstić information content (AvgIpc) is 2.76. The van der Waals surface area contributed by atoms with Crippen LogP contribution < -0.4 is 9.47 Å². The Hall–Kier alpha value is -2.81. The van der Waals surface area contributed by atoms with Crippen molar-refractivity contribution in [3.63, 3.8) is 0 Å². The van der Waals surface area contributed by atoms with Crippen molar-refractivity contribution < 1.29 is 29.3 Å². The van der Waals surface area contributed by atoms with Crippen LogP contribution in [0.4, 0.5) is 0 Å². The number of hydrogen-bond donors (Lipinski definition) is 2. The molecule has 3 rings (SSSR count). The second-order valence-electron chi connectivity index (χ2n) is 7.21. The van der Waals surface area contributed by atoms with Crippen molar-refractivity contribution in [1.82, 2.24) is 9.80 Å². The molecule has 32 heavy (non-hydrogen) atoms. The number of hydrogen-bond acceptors (Lipinski definition) is 6. The highest BCUT2D eigenvalue weighted by Gasteiger charge is 2.18. The minimum absolute atomic E-state index is 0.641. The van der Waals surface area contributed by atoms with E-state index < -0.39 is 11.9 Å². The molecule has 0 aromatic heterocycles. The summed E-state index contributed by atoms with van der Waals surface area (Å²) in [6.07, 6.45) is 0. The Kier molecular flexibility index (Phi) is 10.3. The van der Waals surface area contributed by atoms with E-state index in [-0.39, 0.29) is 0 Å². The van der Waals surface area contributed by atoms with Crippen LogP contribution in [0.2, 0.25) is 5.02 Å². The van der Waals surface area contributed by atoms with Gasteiger partial charge in [-0.3, -0.25) is 9.80 Å². The molecule has 2 aromatic rings. The fourth-order valence-corrected chi connectivity index (χ4v) is 3.56. The van der Waals surface area contributed by atoms with E-state index in [0.717, 1.165) is 55.8 Å². The summed E-state index contributed by atoms with van der Waals surface area (Å²) < 4.78 is 11.1. The highest BCUT2D eigenvalue weighted by molar-refractivity contribution is 6.30. The molecule has 2 aromatic carbocycles. The summed E-state index contributed by atoms with van der Waals surface area (Å²) in [5.74, 6) is -2.03. The molecule has 1 aliphatic heterocycles. The second-order valence-corrected chi connectivity index (χ2v) is 7.65. The Labute approximate surface area is 192 Å². The molecular weight excluding hydrogens is 436 g/mol. The SMILES string of the molecule is CCOc1cc(CN2CCN(Cc3cccc(Cl)c3)CC2)ccc1OC.O=C(O)C(=O)O. The predicted octanol–water partition coefficient (Wildman–Crippen LogP) is 3.22. The van der Waals surface area contributed by atoms with E-state index in [1.54, 1.807) is 7.11 Å². The van der Waals surface area contributed by atoms with Gasteiger partial charge in [0, 0.05) is 44.3 Å². The van der Waals surface area contributed by atoms with Gasteiger partial charge in [-0.2, -0.15) is 0 Å². The fourth-order valence-electron chi connectivity index (χ4n) is 3.35. The zero-order valence-corrected chi connectivity index (χ0v) is 19.0. The lowest BCUT2D eigenvalue weighted by atomic mass is 10.1. The lowest BCUT2D eigenvalue weighted by molar-refractivity contribution is -0.159. The zero-order valence-electron chi connectivity index (χ0n) is 18.3. The molecule has 9 heteroatoms. The van der Waals surface area contributed by atoms with Crippen molar-refractivity contribution in [2.24, 2.45) is 0 Å². The first-order valence-corrected chi connectivity index (χ1v) is 10.6. The second kappa shape index (κ2) is 12.9. The largest absolute Gasteiger partial charge is 0.493 e. The maximum Gasteiger partial charge on any atom is 0.414 e. The van der Waals surface area contributed by atoms with Crippen LogP contribution in [0.1, 0.15) is 18.1 Å². The number of carboxylic acids is 2. The van der Waals surface area contributed by atoms with Crippen molar-refractivity contribution in [2.45, 2.75) is 20.0 Å². The summed E-state index contributed by atoms with van der Waals surface area (Å²) in [6.45, 7) is 8.81. The van der Waals surface area contributed by atoms with E-state index in [1.165, 1.54) is 11.1 Å². The topological polar surface area (TPSA) is 99.5 Å². The number of carbonyl (C=O) groups is 2. The first-order valence-electron chi connectivity index (χ1n) is 10.3. The van der Waals surface area contributed by atoms with Gasteiger partial charge in [0.05, 0.1) is 13.7 Å². The van der Waals surface area contributed by atoms with Crippen LogP contribution in [0.25, 0.3) is 0 Å². The standard InChI is InChI=1S/C21H27ClN2O2.C2H2O4/c1-3-26-21-14-18(7-8-20(21)25-2)16-24-11-9-23(10-12-24)15-17-5-4-6-19(22)13-17;3-1(4)2(5)6/h4-8,13-14H,3,9-12,15-16H2,1-2H3;(H,3,4)(H,5,6). The Morgan fingerprint density at radius 1 is 0.906 bits per heavy atom. The van der Waals surface area contributed by atoms with Crippen LogP contribution in [0.3, 0.4) is 0 Å². The molecule has 1 fully saturated rings. The minimum atomic E-state index is -1.82. The van der Waals surface area contributed by atoms with Gasteiger partial charge in [0.1, 0.15) is 0 Å². The summed E-state index contributed by atoms with van der Waals surface area (Å²) in [5, 5.41) is 15.6. The molecule has 0 radical (unpaired) electrons. The van der Waals surface area contributed by atoms with Gasteiger partial charge in [-0.25, -0.2) is 9.59 Å². The minimum Gasteiger partial charge on any atom is -0.493 e. The van der Waals surface area contributed by atoms with E-state index in [4.69, 9.17) is 40.9 Å². The van der Waals surface area contributed by atoms with E-state index in [9.17, 15) is 0 Å². The number of methoxy groups -OCH3 is 1. The Balaban J connectivity index is 0.000000534. The molecule has 1 heterocycles. The number of carboxylic acid groups (broad SMARTS) is 2.